The van der Waals surface area contributed by atoms with Gasteiger partial charge in [-0.1, -0.05) is 22.0 Å². The van der Waals surface area contributed by atoms with Gasteiger partial charge in [-0.3, -0.25) is 4.79 Å². The van der Waals surface area contributed by atoms with Gasteiger partial charge in [-0.25, -0.2) is 8.42 Å². The second-order valence-electron chi connectivity index (χ2n) is 6.01. The van der Waals surface area contributed by atoms with Gasteiger partial charge in [-0.15, -0.1) is 0 Å². The summed E-state index contributed by atoms with van der Waals surface area (Å²) < 4.78 is 64.3. The van der Waals surface area contributed by atoms with Crippen molar-refractivity contribution < 1.29 is 26.4 Å². The van der Waals surface area contributed by atoms with Crippen LogP contribution < -0.4 is 5.32 Å². The zero-order valence-corrected chi connectivity index (χ0v) is 17.0. The van der Waals surface area contributed by atoms with Crippen molar-refractivity contribution in [3.8, 4) is 0 Å². The van der Waals surface area contributed by atoms with Crippen molar-refractivity contribution in [1.82, 2.24) is 0 Å². The molecule has 0 unspecified atom stereocenters. The number of benzene rings is 3. The van der Waals surface area contributed by atoms with E-state index in [0.717, 1.165) is 22.7 Å². The molecule has 0 bridgehead atoms. The maximum atomic E-state index is 12.8. The first-order valence-electron chi connectivity index (χ1n) is 8.17. The lowest BCUT2D eigenvalue weighted by Crippen LogP contribution is -2.14. The van der Waals surface area contributed by atoms with Crippen LogP contribution in [0.3, 0.4) is 0 Å². The summed E-state index contributed by atoms with van der Waals surface area (Å²) >= 11 is 3.24. The first-order chi connectivity index (χ1) is 13.6. The molecule has 3 aromatic rings. The number of rotatable bonds is 4. The van der Waals surface area contributed by atoms with E-state index in [2.05, 4.69) is 21.2 Å². The van der Waals surface area contributed by atoms with Crippen molar-refractivity contribution in [3.63, 3.8) is 0 Å². The lowest BCUT2D eigenvalue weighted by molar-refractivity contribution is -0.137. The van der Waals surface area contributed by atoms with E-state index in [1.165, 1.54) is 42.5 Å². The van der Waals surface area contributed by atoms with E-state index in [-0.39, 0.29) is 21.0 Å². The molecule has 0 aromatic heterocycles. The van der Waals surface area contributed by atoms with Crippen LogP contribution in [0.1, 0.15) is 15.9 Å². The van der Waals surface area contributed by atoms with Crippen LogP contribution in [0.2, 0.25) is 0 Å². The van der Waals surface area contributed by atoms with Gasteiger partial charge in [0.25, 0.3) is 5.91 Å². The van der Waals surface area contributed by atoms with Crippen LogP contribution in [0.25, 0.3) is 0 Å². The normalized spacial score (nSPS) is 11.9. The Labute approximate surface area is 173 Å². The minimum Gasteiger partial charge on any atom is -0.322 e. The molecular formula is C20H13BrF3NO3S. The van der Waals surface area contributed by atoms with Gasteiger partial charge < -0.3 is 5.32 Å². The molecule has 0 heterocycles. The quantitative estimate of drug-likeness (QED) is 0.528. The second kappa shape index (κ2) is 8.00. The molecule has 1 amide bonds. The Bertz CT molecular complexity index is 1140. The predicted octanol–water partition coefficient (Wildman–Crippen LogP) is 5.55. The van der Waals surface area contributed by atoms with Crippen molar-refractivity contribution in [3.05, 3.63) is 88.4 Å². The lowest BCUT2D eigenvalue weighted by atomic mass is 10.1. The van der Waals surface area contributed by atoms with E-state index >= 15 is 0 Å². The minimum atomic E-state index is -4.56. The summed E-state index contributed by atoms with van der Waals surface area (Å²) in [6.07, 6.45) is -4.56. The topological polar surface area (TPSA) is 63.2 Å². The highest BCUT2D eigenvalue weighted by Gasteiger charge is 2.30. The van der Waals surface area contributed by atoms with Gasteiger partial charge >= 0.3 is 6.18 Å². The summed E-state index contributed by atoms with van der Waals surface area (Å²) in [6, 6.07) is 15.5. The molecule has 0 saturated carbocycles. The number of carbonyl (C=O) groups is 1. The molecule has 0 aliphatic rings. The summed E-state index contributed by atoms with van der Waals surface area (Å²) in [5.74, 6) is -0.736. The fourth-order valence-electron chi connectivity index (χ4n) is 2.51. The molecule has 3 rings (SSSR count). The Hall–Kier alpha value is -2.65. The molecule has 9 heteroatoms. The minimum absolute atomic E-state index is 0.0249. The van der Waals surface area contributed by atoms with Crippen LogP contribution in [0.15, 0.2) is 87.1 Å². The van der Waals surface area contributed by atoms with Crippen LogP contribution >= 0.6 is 15.9 Å². The predicted molar refractivity (Wildman–Crippen MR) is 105 cm³/mol. The molecule has 0 saturated heterocycles. The van der Waals surface area contributed by atoms with E-state index in [0.29, 0.717) is 0 Å². The zero-order valence-electron chi connectivity index (χ0n) is 14.6. The number of sulfone groups is 1. The largest absolute Gasteiger partial charge is 0.416 e. The highest BCUT2D eigenvalue weighted by molar-refractivity contribution is 9.10. The molecular weight excluding hydrogens is 471 g/mol. The van der Waals surface area contributed by atoms with Gasteiger partial charge in [-0.05, 0) is 66.7 Å². The maximum Gasteiger partial charge on any atom is 0.416 e. The molecule has 0 fully saturated rings. The first-order valence-corrected chi connectivity index (χ1v) is 10.4. The van der Waals surface area contributed by atoms with Gasteiger partial charge in [0.2, 0.25) is 9.84 Å². The Morgan fingerprint density at radius 3 is 1.97 bits per heavy atom. The molecule has 0 aliphatic heterocycles. The first kappa shape index (κ1) is 21.1. The van der Waals surface area contributed by atoms with Crippen molar-refractivity contribution >= 4 is 37.4 Å². The fourth-order valence-corrected chi connectivity index (χ4v) is 4.03. The van der Waals surface area contributed by atoms with Gasteiger partial charge in [0.05, 0.1) is 15.4 Å². The van der Waals surface area contributed by atoms with Crippen LogP contribution in [0.4, 0.5) is 18.9 Å². The number of halogens is 4. The Morgan fingerprint density at radius 1 is 0.862 bits per heavy atom. The average molecular weight is 484 g/mol. The Morgan fingerprint density at radius 2 is 1.41 bits per heavy atom. The molecule has 0 atom stereocenters. The van der Waals surface area contributed by atoms with Crippen LogP contribution in [0.5, 0.6) is 0 Å². The van der Waals surface area contributed by atoms with Gasteiger partial charge in [0.15, 0.2) is 0 Å². The maximum absolute atomic E-state index is 12.8. The van der Waals surface area contributed by atoms with E-state index in [9.17, 15) is 26.4 Å². The van der Waals surface area contributed by atoms with Crippen molar-refractivity contribution in [2.24, 2.45) is 0 Å². The fraction of sp³-hybridized carbons (Fsp3) is 0.0500. The number of carbonyl (C=O) groups excluding carboxylic acids is 1. The summed E-state index contributed by atoms with van der Waals surface area (Å²) in [5, 5.41) is 2.46. The molecule has 29 heavy (non-hydrogen) atoms. The van der Waals surface area contributed by atoms with Gasteiger partial charge in [0.1, 0.15) is 0 Å². The van der Waals surface area contributed by atoms with Gasteiger partial charge in [0, 0.05) is 15.7 Å². The summed E-state index contributed by atoms with van der Waals surface area (Å²) in [7, 11) is -3.73. The Kier molecular flexibility index (Phi) is 5.81. The third kappa shape index (κ3) is 4.86. The van der Waals surface area contributed by atoms with E-state index in [4.69, 9.17) is 0 Å². The summed E-state index contributed by atoms with van der Waals surface area (Å²) in [5.41, 5.74) is -0.838. The zero-order chi connectivity index (χ0) is 21.2. The second-order valence-corrected chi connectivity index (χ2v) is 8.88. The van der Waals surface area contributed by atoms with E-state index < -0.39 is 27.5 Å². The van der Waals surface area contributed by atoms with Crippen LogP contribution in [-0.4, -0.2) is 14.3 Å². The average Bonchev–Trinajstić information content (AvgIpc) is 2.68. The summed E-state index contributed by atoms with van der Waals surface area (Å²) in [4.78, 5) is 12.4. The molecule has 3 aromatic carbocycles. The molecule has 0 spiro atoms. The molecule has 0 aliphatic carbocycles. The number of nitrogens with one attached hydrogen (secondary N) is 1. The third-order valence-electron chi connectivity index (χ3n) is 4.00. The third-order valence-corrected chi connectivity index (χ3v) is 6.31. The number of anilines is 1. The summed E-state index contributed by atoms with van der Waals surface area (Å²) in [6.45, 7) is 0. The number of hydrogen-bond acceptors (Lipinski definition) is 3. The number of amides is 1. The molecule has 4 nitrogen and oxygen atoms in total. The SMILES string of the molecule is O=C(Nc1ccc(S(=O)(=O)c2ccc(Br)cc2)cc1)c1cccc(C(F)(F)F)c1. The monoisotopic (exact) mass is 483 g/mol. The number of hydrogen-bond donors (Lipinski definition) is 1. The standard InChI is InChI=1S/C20H13BrF3NO3S/c21-15-4-8-17(9-5-15)29(27,28)18-10-6-16(7-11-18)25-19(26)13-2-1-3-14(12-13)20(22,23)24/h1-12H,(H,25,26). The van der Waals surface area contributed by atoms with Crippen molar-refractivity contribution in [2.45, 2.75) is 16.0 Å². The molecule has 1 N–H and O–H groups in total. The van der Waals surface area contributed by atoms with E-state index in [1.54, 1.807) is 12.1 Å². The highest BCUT2D eigenvalue weighted by Crippen LogP contribution is 2.30. The van der Waals surface area contributed by atoms with Gasteiger partial charge in [-0.2, -0.15) is 13.2 Å². The van der Waals surface area contributed by atoms with Crippen LogP contribution in [-0.2, 0) is 16.0 Å². The van der Waals surface area contributed by atoms with E-state index in [1.807, 2.05) is 0 Å². The van der Waals surface area contributed by atoms with Crippen molar-refractivity contribution in [2.75, 3.05) is 5.32 Å². The van der Waals surface area contributed by atoms with Crippen LogP contribution in [0, 0.1) is 0 Å². The molecule has 150 valence electrons. The molecule has 0 radical (unpaired) electrons. The lowest BCUT2D eigenvalue weighted by Gasteiger charge is -2.10. The highest BCUT2D eigenvalue weighted by atomic mass is 79.9. The van der Waals surface area contributed by atoms with Crippen molar-refractivity contribution in [1.29, 1.82) is 0 Å². The number of alkyl halides is 3. The Balaban J connectivity index is 1.79. The smallest absolute Gasteiger partial charge is 0.322 e.